The molecule has 0 aromatic heterocycles. The predicted octanol–water partition coefficient (Wildman–Crippen LogP) is 0.821. The highest BCUT2D eigenvalue weighted by molar-refractivity contribution is 6.25. The van der Waals surface area contributed by atoms with Crippen molar-refractivity contribution >= 4 is 35.2 Å². The van der Waals surface area contributed by atoms with Gasteiger partial charge in [0.25, 0.3) is 17.7 Å². The van der Waals surface area contributed by atoms with Gasteiger partial charge in [0.05, 0.1) is 11.1 Å². The number of rotatable bonds is 9. The number of anilines is 1. The number of carbonyl (C=O) groups is 5. The number of nitrogens with zero attached hydrogens (tertiary/aromatic N) is 1. The fourth-order valence-corrected chi connectivity index (χ4v) is 3.81. The van der Waals surface area contributed by atoms with Gasteiger partial charge in [0.15, 0.2) is 0 Å². The molecule has 2 aliphatic heterocycles. The lowest BCUT2D eigenvalue weighted by atomic mass is 10.0. The van der Waals surface area contributed by atoms with Gasteiger partial charge in [-0.25, -0.2) is 0 Å². The predicted molar refractivity (Wildman–Crippen MR) is 115 cm³/mol. The Labute approximate surface area is 186 Å². The van der Waals surface area contributed by atoms with Gasteiger partial charge in [-0.2, -0.15) is 0 Å². The number of carbonyl (C=O) groups excluding carboxylic acids is 5. The number of nitrogens with one attached hydrogen (secondary N) is 3. The second kappa shape index (κ2) is 9.47. The Balaban J connectivity index is 1.59. The second-order valence-corrected chi connectivity index (χ2v) is 8.25. The van der Waals surface area contributed by atoms with Crippen molar-refractivity contribution in [1.82, 2.24) is 15.5 Å². The molecule has 2 heterocycles. The minimum atomic E-state index is -0.992. The van der Waals surface area contributed by atoms with Crippen molar-refractivity contribution in [3.63, 3.8) is 0 Å². The Morgan fingerprint density at radius 1 is 1.19 bits per heavy atom. The third kappa shape index (κ3) is 4.64. The number of hydrogen-bond acceptors (Lipinski definition) is 7. The van der Waals surface area contributed by atoms with Gasteiger partial charge in [-0.1, -0.05) is 6.07 Å². The molecule has 172 valence electrons. The second-order valence-electron chi connectivity index (χ2n) is 8.25. The number of benzene rings is 1. The topological polar surface area (TPSA) is 134 Å². The van der Waals surface area contributed by atoms with Crippen LogP contribution >= 0.6 is 0 Å². The van der Waals surface area contributed by atoms with E-state index in [4.69, 9.17) is 4.74 Å². The van der Waals surface area contributed by atoms with Crippen molar-refractivity contribution < 1.29 is 28.7 Å². The van der Waals surface area contributed by atoms with E-state index in [1.165, 1.54) is 0 Å². The molecule has 10 heteroatoms. The van der Waals surface area contributed by atoms with Crippen LogP contribution in [0.5, 0.6) is 0 Å². The molecule has 1 unspecified atom stereocenters. The Hall–Kier alpha value is -3.27. The molecule has 10 nitrogen and oxygen atoms in total. The van der Waals surface area contributed by atoms with Gasteiger partial charge in [0.1, 0.15) is 11.6 Å². The number of ether oxygens (including phenoxy) is 1. The number of amides is 5. The summed E-state index contributed by atoms with van der Waals surface area (Å²) in [5.41, 5.74) is 0.0797. The maximum Gasteiger partial charge on any atom is 0.264 e. The van der Waals surface area contributed by atoms with E-state index in [0.717, 1.165) is 4.90 Å². The van der Waals surface area contributed by atoms with E-state index in [0.29, 0.717) is 31.7 Å². The number of hydrogen-bond donors (Lipinski definition) is 3. The molecule has 0 radical (unpaired) electrons. The molecule has 1 aromatic carbocycles. The SMILES string of the molecule is CNC(=O)C(C)(C)OCCCCNc1cccc2c1C(=O)N(C1CCC(=O)NC1=O)C2=O. The zero-order valence-corrected chi connectivity index (χ0v) is 18.4. The van der Waals surface area contributed by atoms with Crippen LogP contribution in [0.3, 0.4) is 0 Å². The van der Waals surface area contributed by atoms with Crippen molar-refractivity contribution in [3.05, 3.63) is 29.3 Å². The summed E-state index contributed by atoms with van der Waals surface area (Å²) in [6.07, 6.45) is 1.60. The Kier molecular flexibility index (Phi) is 6.93. The van der Waals surface area contributed by atoms with Gasteiger partial charge in [0, 0.05) is 32.3 Å². The molecule has 5 amide bonds. The number of piperidine rings is 1. The largest absolute Gasteiger partial charge is 0.384 e. The average molecular weight is 444 g/mol. The van der Waals surface area contributed by atoms with E-state index in [1.807, 2.05) is 0 Å². The number of unbranched alkanes of at least 4 members (excludes halogenated alkanes) is 1. The zero-order chi connectivity index (χ0) is 23.5. The van der Waals surface area contributed by atoms with Gasteiger partial charge >= 0.3 is 0 Å². The maximum atomic E-state index is 13.0. The minimum Gasteiger partial charge on any atom is -0.384 e. The lowest BCUT2D eigenvalue weighted by Gasteiger charge is -2.27. The van der Waals surface area contributed by atoms with Crippen LogP contribution in [-0.4, -0.2) is 66.3 Å². The van der Waals surface area contributed by atoms with Crippen LogP contribution in [0.15, 0.2) is 18.2 Å². The van der Waals surface area contributed by atoms with E-state index >= 15 is 0 Å². The first kappa shape index (κ1) is 23.4. The molecule has 0 saturated carbocycles. The molecule has 3 rings (SSSR count). The normalized spacial score (nSPS) is 18.5. The van der Waals surface area contributed by atoms with E-state index in [9.17, 15) is 24.0 Å². The molecule has 0 aliphatic carbocycles. The van der Waals surface area contributed by atoms with Crippen LogP contribution in [0.25, 0.3) is 0 Å². The standard InChI is InChI=1S/C22H28N4O6/c1-22(2,21(31)23-3)32-12-5-4-11-24-14-8-6-7-13-17(14)20(30)26(19(13)29)15-9-10-16(27)25-18(15)28/h6-8,15,24H,4-5,9-12H2,1-3H3,(H,23,31)(H,25,27,28). The highest BCUT2D eigenvalue weighted by atomic mass is 16.5. The molecule has 0 bridgehead atoms. The smallest absolute Gasteiger partial charge is 0.264 e. The molecular formula is C22H28N4O6. The van der Waals surface area contributed by atoms with Gasteiger partial charge in [0.2, 0.25) is 11.8 Å². The summed E-state index contributed by atoms with van der Waals surface area (Å²) in [5.74, 6) is -2.32. The van der Waals surface area contributed by atoms with E-state index in [1.54, 1.807) is 39.1 Å². The lowest BCUT2D eigenvalue weighted by molar-refractivity contribution is -0.142. The van der Waals surface area contributed by atoms with Crippen LogP contribution in [0.4, 0.5) is 5.69 Å². The van der Waals surface area contributed by atoms with Gasteiger partial charge in [-0.05, 0) is 45.2 Å². The van der Waals surface area contributed by atoms with Crippen molar-refractivity contribution in [2.45, 2.75) is 51.2 Å². The highest BCUT2D eigenvalue weighted by Gasteiger charge is 2.45. The van der Waals surface area contributed by atoms with E-state index in [2.05, 4.69) is 16.0 Å². The van der Waals surface area contributed by atoms with Crippen LogP contribution in [0.2, 0.25) is 0 Å². The van der Waals surface area contributed by atoms with Gasteiger partial charge in [-0.3, -0.25) is 34.2 Å². The first-order chi connectivity index (χ1) is 15.2. The summed E-state index contributed by atoms with van der Waals surface area (Å²) < 4.78 is 5.63. The number of fused-ring (bicyclic) bond motifs is 1. The van der Waals surface area contributed by atoms with Crippen molar-refractivity contribution in [1.29, 1.82) is 0 Å². The Morgan fingerprint density at radius 3 is 2.62 bits per heavy atom. The van der Waals surface area contributed by atoms with Crippen LogP contribution in [0.1, 0.15) is 60.2 Å². The maximum absolute atomic E-state index is 13.0. The summed E-state index contributed by atoms with van der Waals surface area (Å²) in [5, 5.41) is 7.93. The third-order valence-electron chi connectivity index (χ3n) is 5.59. The molecule has 2 aliphatic rings. The molecule has 1 aromatic rings. The molecule has 3 N–H and O–H groups in total. The Morgan fingerprint density at radius 2 is 1.94 bits per heavy atom. The highest BCUT2D eigenvalue weighted by Crippen LogP contribution is 2.32. The lowest BCUT2D eigenvalue weighted by Crippen LogP contribution is -2.54. The van der Waals surface area contributed by atoms with E-state index < -0.39 is 35.3 Å². The molecule has 0 spiro atoms. The van der Waals surface area contributed by atoms with Gasteiger partial charge < -0.3 is 15.4 Å². The molecule has 1 saturated heterocycles. The van der Waals surface area contributed by atoms with E-state index in [-0.39, 0.29) is 29.9 Å². The quantitative estimate of drug-likeness (QED) is 0.379. The molecule has 1 atom stereocenters. The fraction of sp³-hybridized carbons (Fsp3) is 0.500. The summed E-state index contributed by atoms with van der Waals surface area (Å²) in [6, 6.07) is 3.95. The van der Waals surface area contributed by atoms with Crippen LogP contribution in [0, 0.1) is 0 Å². The summed E-state index contributed by atoms with van der Waals surface area (Å²) in [7, 11) is 1.56. The van der Waals surface area contributed by atoms with Crippen molar-refractivity contribution in [2.24, 2.45) is 0 Å². The number of likely N-dealkylation sites (N-methyl/N-ethyl adjacent to an activating group) is 1. The summed E-state index contributed by atoms with van der Waals surface area (Å²) >= 11 is 0. The monoisotopic (exact) mass is 444 g/mol. The first-order valence-corrected chi connectivity index (χ1v) is 10.6. The third-order valence-corrected chi connectivity index (χ3v) is 5.59. The minimum absolute atomic E-state index is 0.0771. The zero-order valence-electron chi connectivity index (χ0n) is 18.4. The average Bonchev–Trinajstić information content (AvgIpc) is 3.01. The molecular weight excluding hydrogens is 416 g/mol. The fourth-order valence-electron chi connectivity index (χ4n) is 3.81. The summed E-state index contributed by atoms with van der Waals surface area (Å²) in [6.45, 7) is 4.33. The van der Waals surface area contributed by atoms with Crippen LogP contribution in [-0.2, 0) is 19.1 Å². The Bertz CT molecular complexity index is 958. The van der Waals surface area contributed by atoms with Crippen molar-refractivity contribution in [3.8, 4) is 0 Å². The first-order valence-electron chi connectivity index (χ1n) is 10.6. The van der Waals surface area contributed by atoms with Crippen molar-refractivity contribution in [2.75, 3.05) is 25.5 Å². The van der Waals surface area contributed by atoms with Gasteiger partial charge in [-0.15, -0.1) is 0 Å². The molecule has 32 heavy (non-hydrogen) atoms. The summed E-state index contributed by atoms with van der Waals surface area (Å²) in [4.78, 5) is 62.2. The number of imide groups is 2. The molecule has 1 fully saturated rings. The van der Waals surface area contributed by atoms with Crippen LogP contribution < -0.4 is 16.0 Å².